The van der Waals surface area contributed by atoms with Gasteiger partial charge in [-0.2, -0.15) is 0 Å². The molecule has 0 fully saturated rings. The lowest BCUT2D eigenvalue weighted by Crippen LogP contribution is -2.48. The smallest absolute Gasteiger partial charge is 0.323 e. The Bertz CT molecular complexity index is 292. The van der Waals surface area contributed by atoms with Crippen LogP contribution in [0, 0.1) is 5.41 Å². The molecule has 0 spiro atoms. The molecular formula is C13H23NO3. The fourth-order valence-corrected chi connectivity index (χ4v) is 1.83. The van der Waals surface area contributed by atoms with Crippen molar-refractivity contribution in [1.29, 1.82) is 0 Å². The fourth-order valence-electron chi connectivity index (χ4n) is 1.83. The van der Waals surface area contributed by atoms with Crippen molar-refractivity contribution in [1.82, 2.24) is 5.32 Å². The molecule has 0 radical (unpaired) electrons. The van der Waals surface area contributed by atoms with Crippen molar-refractivity contribution in [2.45, 2.75) is 33.2 Å². The van der Waals surface area contributed by atoms with Crippen LogP contribution in [0.1, 0.15) is 27.2 Å². The van der Waals surface area contributed by atoms with Gasteiger partial charge in [0, 0.05) is 6.54 Å². The van der Waals surface area contributed by atoms with Crippen molar-refractivity contribution < 1.29 is 14.3 Å². The van der Waals surface area contributed by atoms with Crippen molar-refractivity contribution in [3.63, 3.8) is 0 Å². The van der Waals surface area contributed by atoms with E-state index in [-0.39, 0.29) is 17.4 Å². The summed E-state index contributed by atoms with van der Waals surface area (Å²) in [6.45, 7) is 8.19. The van der Waals surface area contributed by atoms with E-state index in [0.29, 0.717) is 13.2 Å². The maximum Gasteiger partial charge on any atom is 0.323 e. The first-order chi connectivity index (χ1) is 7.95. The highest BCUT2D eigenvalue weighted by Gasteiger charge is 2.31. The van der Waals surface area contributed by atoms with Crippen molar-refractivity contribution in [2.24, 2.45) is 5.41 Å². The van der Waals surface area contributed by atoms with E-state index in [1.54, 1.807) is 0 Å². The standard InChI is InChI=1S/C13H23NO3/c1-13(2,3)11(12(15)16-4)14-8-10-6-5-7-17-9-10/h6,11,14H,5,7-9H2,1-4H3/t11-/m1/s1. The summed E-state index contributed by atoms with van der Waals surface area (Å²) in [6.07, 6.45) is 3.13. The largest absolute Gasteiger partial charge is 0.468 e. The number of carbonyl (C=O) groups is 1. The van der Waals surface area contributed by atoms with Gasteiger partial charge in [-0.15, -0.1) is 0 Å². The van der Waals surface area contributed by atoms with Crippen LogP contribution in [0.3, 0.4) is 0 Å². The van der Waals surface area contributed by atoms with Gasteiger partial charge in [0.2, 0.25) is 0 Å². The molecule has 0 saturated carbocycles. The van der Waals surface area contributed by atoms with Gasteiger partial charge >= 0.3 is 5.97 Å². The van der Waals surface area contributed by atoms with Crippen molar-refractivity contribution in [3.05, 3.63) is 11.6 Å². The lowest BCUT2D eigenvalue weighted by Gasteiger charge is -2.29. The Hall–Kier alpha value is -0.870. The Balaban J connectivity index is 2.55. The number of ether oxygens (including phenoxy) is 2. The van der Waals surface area contributed by atoms with E-state index in [2.05, 4.69) is 11.4 Å². The predicted molar refractivity (Wildman–Crippen MR) is 66.8 cm³/mol. The number of methoxy groups -OCH3 is 1. The zero-order valence-corrected chi connectivity index (χ0v) is 11.2. The zero-order chi connectivity index (χ0) is 12.9. The molecule has 0 aliphatic carbocycles. The minimum Gasteiger partial charge on any atom is -0.468 e. The lowest BCUT2D eigenvalue weighted by molar-refractivity contribution is -0.145. The first-order valence-corrected chi connectivity index (χ1v) is 6.02. The predicted octanol–water partition coefficient (Wildman–Crippen LogP) is 1.51. The fraction of sp³-hybridized carbons (Fsp3) is 0.769. The third-order valence-corrected chi connectivity index (χ3v) is 2.82. The number of carbonyl (C=O) groups excluding carboxylic acids is 1. The van der Waals surface area contributed by atoms with Gasteiger partial charge in [0.15, 0.2) is 0 Å². The molecule has 1 heterocycles. The van der Waals surface area contributed by atoms with Gasteiger partial charge in [-0.3, -0.25) is 4.79 Å². The molecule has 1 aliphatic rings. The Kier molecular flexibility index (Phi) is 5.15. The van der Waals surface area contributed by atoms with E-state index >= 15 is 0 Å². The summed E-state index contributed by atoms with van der Waals surface area (Å²) in [6, 6.07) is -0.296. The molecule has 4 heteroatoms. The third kappa shape index (κ3) is 4.48. The second-order valence-electron chi connectivity index (χ2n) is 5.41. The van der Waals surface area contributed by atoms with Crippen LogP contribution in [0.15, 0.2) is 11.6 Å². The summed E-state index contributed by atoms with van der Waals surface area (Å²) >= 11 is 0. The summed E-state index contributed by atoms with van der Waals surface area (Å²) in [4.78, 5) is 11.7. The lowest BCUT2D eigenvalue weighted by atomic mass is 9.86. The van der Waals surface area contributed by atoms with Gasteiger partial charge in [0.25, 0.3) is 0 Å². The van der Waals surface area contributed by atoms with Gasteiger partial charge in [0.05, 0.1) is 20.3 Å². The minimum atomic E-state index is -0.296. The molecule has 98 valence electrons. The first kappa shape index (κ1) is 14.2. The average Bonchev–Trinajstić information content (AvgIpc) is 2.28. The third-order valence-electron chi connectivity index (χ3n) is 2.82. The van der Waals surface area contributed by atoms with E-state index in [1.807, 2.05) is 20.8 Å². The number of esters is 1. The van der Waals surface area contributed by atoms with Gasteiger partial charge in [-0.1, -0.05) is 26.8 Å². The van der Waals surface area contributed by atoms with Gasteiger partial charge in [-0.05, 0) is 17.4 Å². The SMILES string of the molecule is COC(=O)[C@@H](NCC1=CCCOC1)C(C)(C)C. The van der Waals surface area contributed by atoms with Crippen LogP contribution < -0.4 is 5.32 Å². The second-order valence-corrected chi connectivity index (χ2v) is 5.41. The maximum absolute atomic E-state index is 11.7. The monoisotopic (exact) mass is 241 g/mol. The van der Waals surface area contributed by atoms with Crippen LogP contribution in [0.25, 0.3) is 0 Å². The summed E-state index contributed by atoms with van der Waals surface area (Å²) in [5.74, 6) is -0.213. The summed E-state index contributed by atoms with van der Waals surface area (Å²) in [5, 5.41) is 3.26. The molecule has 0 amide bonds. The molecule has 17 heavy (non-hydrogen) atoms. The van der Waals surface area contributed by atoms with E-state index in [1.165, 1.54) is 12.7 Å². The molecular weight excluding hydrogens is 218 g/mol. The number of nitrogens with one attached hydrogen (secondary N) is 1. The number of hydrogen-bond donors (Lipinski definition) is 1. The van der Waals surface area contributed by atoms with Gasteiger partial charge in [-0.25, -0.2) is 0 Å². The van der Waals surface area contributed by atoms with E-state index in [9.17, 15) is 4.79 Å². The quantitative estimate of drug-likeness (QED) is 0.598. The van der Waals surface area contributed by atoms with Gasteiger partial charge < -0.3 is 14.8 Å². The van der Waals surface area contributed by atoms with E-state index in [0.717, 1.165) is 13.0 Å². The molecule has 0 aromatic heterocycles. The average molecular weight is 241 g/mol. The van der Waals surface area contributed by atoms with Crippen LogP contribution in [0.4, 0.5) is 0 Å². The molecule has 0 unspecified atom stereocenters. The Labute approximate surface area is 103 Å². The Morgan fingerprint density at radius 3 is 2.76 bits per heavy atom. The van der Waals surface area contributed by atoms with E-state index in [4.69, 9.17) is 9.47 Å². The second kappa shape index (κ2) is 6.17. The molecule has 1 atom stereocenters. The molecule has 4 nitrogen and oxygen atoms in total. The molecule has 1 aliphatic heterocycles. The summed E-state index contributed by atoms with van der Waals surface area (Å²) in [5.41, 5.74) is 1.04. The molecule has 1 rings (SSSR count). The molecule has 0 bridgehead atoms. The highest BCUT2D eigenvalue weighted by atomic mass is 16.5. The topological polar surface area (TPSA) is 47.6 Å². The molecule has 1 N–H and O–H groups in total. The van der Waals surface area contributed by atoms with Crippen LogP contribution in [0.2, 0.25) is 0 Å². The molecule has 0 aromatic rings. The number of hydrogen-bond acceptors (Lipinski definition) is 4. The molecule has 0 saturated heterocycles. The maximum atomic E-state index is 11.7. The van der Waals surface area contributed by atoms with Crippen molar-refractivity contribution >= 4 is 5.97 Å². The summed E-state index contributed by atoms with van der Waals surface area (Å²) in [7, 11) is 1.42. The highest BCUT2D eigenvalue weighted by Crippen LogP contribution is 2.20. The molecule has 0 aromatic carbocycles. The van der Waals surface area contributed by atoms with Crippen LogP contribution in [0.5, 0.6) is 0 Å². The first-order valence-electron chi connectivity index (χ1n) is 6.02. The minimum absolute atomic E-state index is 0.164. The summed E-state index contributed by atoms with van der Waals surface area (Å²) < 4.78 is 10.2. The van der Waals surface area contributed by atoms with Crippen LogP contribution >= 0.6 is 0 Å². The van der Waals surface area contributed by atoms with Crippen molar-refractivity contribution in [2.75, 3.05) is 26.9 Å². The van der Waals surface area contributed by atoms with Crippen molar-refractivity contribution in [3.8, 4) is 0 Å². The van der Waals surface area contributed by atoms with Gasteiger partial charge in [0.1, 0.15) is 6.04 Å². The zero-order valence-electron chi connectivity index (χ0n) is 11.2. The Morgan fingerprint density at radius 2 is 2.29 bits per heavy atom. The Morgan fingerprint density at radius 1 is 1.59 bits per heavy atom. The van der Waals surface area contributed by atoms with Crippen LogP contribution in [-0.4, -0.2) is 38.9 Å². The van der Waals surface area contributed by atoms with E-state index < -0.39 is 0 Å². The van der Waals surface area contributed by atoms with Crippen LogP contribution in [-0.2, 0) is 14.3 Å². The highest BCUT2D eigenvalue weighted by molar-refractivity contribution is 5.76. The normalized spacial score (nSPS) is 18.5. The number of rotatable bonds is 4.